The van der Waals surface area contributed by atoms with Crippen molar-refractivity contribution in [3.05, 3.63) is 35.4 Å². The second kappa shape index (κ2) is 5.26. The van der Waals surface area contributed by atoms with Gasteiger partial charge in [0.25, 0.3) is 0 Å². The molecule has 0 fully saturated rings. The van der Waals surface area contributed by atoms with E-state index in [2.05, 4.69) is 5.92 Å². The predicted octanol–water partition coefficient (Wildman–Crippen LogP) is 2.95. The van der Waals surface area contributed by atoms with Crippen LogP contribution in [0.3, 0.4) is 0 Å². The van der Waals surface area contributed by atoms with Crippen LogP contribution >= 0.6 is 0 Å². The molecule has 0 radical (unpaired) electrons. The highest BCUT2D eigenvalue weighted by atomic mass is 19.1. The van der Waals surface area contributed by atoms with Gasteiger partial charge in [-0.25, -0.2) is 8.78 Å². The number of halogens is 2. The summed E-state index contributed by atoms with van der Waals surface area (Å²) in [6.45, 7) is 0. The Morgan fingerprint density at radius 1 is 1.40 bits per heavy atom. The molecule has 0 N–H and O–H groups in total. The molecule has 78 valence electrons. The minimum absolute atomic E-state index is 0.143. The Morgan fingerprint density at radius 2 is 2.13 bits per heavy atom. The van der Waals surface area contributed by atoms with Gasteiger partial charge in [-0.05, 0) is 24.6 Å². The third-order valence-corrected chi connectivity index (χ3v) is 1.95. The highest BCUT2D eigenvalue weighted by Crippen LogP contribution is 2.13. The van der Waals surface area contributed by atoms with Gasteiger partial charge in [0.2, 0.25) is 0 Å². The molecule has 0 aliphatic heterocycles. The van der Waals surface area contributed by atoms with Crippen molar-refractivity contribution < 1.29 is 13.6 Å². The maximum Gasteiger partial charge on any atom is 0.165 e. The lowest BCUT2D eigenvalue weighted by Crippen LogP contribution is -2.02. The van der Waals surface area contributed by atoms with E-state index in [4.69, 9.17) is 6.42 Å². The van der Waals surface area contributed by atoms with Crippen LogP contribution < -0.4 is 0 Å². The number of carbonyl (C=O) groups excluding carboxylic acids is 1. The third-order valence-electron chi connectivity index (χ3n) is 1.95. The summed E-state index contributed by atoms with van der Waals surface area (Å²) >= 11 is 0. The van der Waals surface area contributed by atoms with Crippen LogP contribution in [-0.4, -0.2) is 5.78 Å². The zero-order chi connectivity index (χ0) is 11.3. The Bertz CT molecular complexity index is 405. The summed E-state index contributed by atoms with van der Waals surface area (Å²) in [6, 6.07) is 2.84. The maximum absolute atomic E-state index is 13.1. The molecule has 1 aromatic rings. The SMILES string of the molecule is C#CCCCC(=O)c1cc(F)ccc1F. The summed E-state index contributed by atoms with van der Waals surface area (Å²) in [5, 5.41) is 0. The lowest BCUT2D eigenvalue weighted by atomic mass is 10.0. The molecule has 15 heavy (non-hydrogen) atoms. The summed E-state index contributed by atoms with van der Waals surface area (Å²) in [5.41, 5.74) is -0.202. The molecule has 0 atom stereocenters. The molecule has 0 aliphatic rings. The number of terminal acetylenes is 1. The molecule has 0 saturated carbocycles. The van der Waals surface area contributed by atoms with Gasteiger partial charge in [-0.2, -0.15) is 0 Å². The summed E-state index contributed by atoms with van der Waals surface area (Å²) in [7, 11) is 0. The molecule has 0 heterocycles. The van der Waals surface area contributed by atoms with Gasteiger partial charge in [0, 0.05) is 12.8 Å². The number of ketones is 1. The van der Waals surface area contributed by atoms with Crippen LogP contribution in [0.4, 0.5) is 8.78 Å². The molecule has 0 spiro atoms. The fraction of sp³-hybridized carbons (Fsp3) is 0.250. The molecule has 0 amide bonds. The first-order valence-corrected chi connectivity index (χ1v) is 4.57. The quantitative estimate of drug-likeness (QED) is 0.422. The van der Waals surface area contributed by atoms with Crippen LogP contribution in [0.1, 0.15) is 29.6 Å². The van der Waals surface area contributed by atoms with Gasteiger partial charge < -0.3 is 0 Å². The van der Waals surface area contributed by atoms with Crippen LogP contribution in [-0.2, 0) is 0 Å². The normalized spacial score (nSPS) is 9.67. The molecule has 1 rings (SSSR count). The van der Waals surface area contributed by atoms with Gasteiger partial charge in [0.15, 0.2) is 5.78 Å². The van der Waals surface area contributed by atoms with Crippen LogP contribution in [0.5, 0.6) is 0 Å². The molecular weight excluding hydrogens is 198 g/mol. The van der Waals surface area contributed by atoms with Crippen molar-refractivity contribution in [1.82, 2.24) is 0 Å². The molecule has 0 aromatic heterocycles. The van der Waals surface area contributed by atoms with Crippen LogP contribution in [0.25, 0.3) is 0 Å². The van der Waals surface area contributed by atoms with Gasteiger partial charge in [-0.15, -0.1) is 12.3 Å². The van der Waals surface area contributed by atoms with Gasteiger partial charge >= 0.3 is 0 Å². The fourth-order valence-electron chi connectivity index (χ4n) is 1.20. The van der Waals surface area contributed by atoms with Crippen molar-refractivity contribution >= 4 is 5.78 Å². The number of unbranched alkanes of at least 4 members (excludes halogenated alkanes) is 1. The summed E-state index contributed by atoms with van der Waals surface area (Å²) in [5.74, 6) is 0.659. The molecule has 0 saturated heterocycles. The molecule has 0 bridgehead atoms. The first-order valence-electron chi connectivity index (χ1n) is 4.57. The number of benzene rings is 1. The maximum atomic E-state index is 13.1. The van der Waals surface area contributed by atoms with Crippen molar-refractivity contribution in [2.75, 3.05) is 0 Å². The Kier molecular flexibility index (Phi) is 3.99. The highest BCUT2D eigenvalue weighted by molar-refractivity contribution is 5.96. The van der Waals surface area contributed by atoms with Crippen molar-refractivity contribution in [2.45, 2.75) is 19.3 Å². The fourth-order valence-corrected chi connectivity index (χ4v) is 1.20. The van der Waals surface area contributed by atoms with E-state index < -0.39 is 17.4 Å². The number of hydrogen-bond donors (Lipinski definition) is 0. The Labute approximate surface area is 87.1 Å². The first-order chi connectivity index (χ1) is 7.15. The zero-order valence-corrected chi connectivity index (χ0v) is 8.09. The van der Waals surface area contributed by atoms with E-state index in [0.717, 1.165) is 18.2 Å². The zero-order valence-electron chi connectivity index (χ0n) is 8.09. The second-order valence-electron chi connectivity index (χ2n) is 3.11. The number of rotatable bonds is 4. The van der Waals surface area contributed by atoms with E-state index in [1.54, 1.807) is 0 Å². The minimum atomic E-state index is -0.692. The van der Waals surface area contributed by atoms with Crippen molar-refractivity contribution in [3.63, 3.8) is 0 Å². The van der Waals surface area contributed by atoms with Crippen molar-refractivity contribution in [1.29, 1.82) is 0 Å². The lowest BCUT2D eigenvalue weighted by Gasteiger charge is -2.01. The van der Waals surface area contributed by atoms with Crippen LogP contribution in [0.15, 0.2) is 18.2 Å². The molecule has 0 aliphatic carbocycles. The first kappa shape index (κ1) is 11.4. The minimum Gasteiger partial charge on any atom is -0.294 e. The summed E-state index contributed by atoms with van der Waals surface area (Å²) in [6.07, 6.45) is 6.11. The van der Waals surface area contributed by atoms with Gasteiger partial charge in [0.1, 0.15) is 11.6 Å². The second-order valence-corrected chi connectivity index (χ2v) is 3.11. The molecule has 3 heteroatoms. The molecule has 0 unspecified atom stereocenters. The van der Waals surface area contributed by atoms with Crippen LogP contribution in [0, 0.1) is 24.0 Å². The van der Waals surface area contributed by atoms with E-state index in [0.29, 0.717) is 12.8 Å². The number of carbonyl (C=O) groups is 1. The molecule has 1 nitrogen and oxygen atoms in total. The van der Waals surface area contributed by atoms with E-state index in [9.17, 15) is 13.6 Å². The van der Waals surface area contributed by atoms with Gasteiger partial charge in [-0.1, -0.05) is 0 Å². The summed E-state index contributed by atoms with van der Waals surface area (Å²) < 4.78 is 25.8. The Morgan fingerprint density at radius 3 is 2.80 bits per heavy atom. The molecular formula is C12H10F2O. The largest absolute Gasteiger partial charge is 0.294 e. The standard InChI is InChI=1S/C12H10F2O/c1-2-3-4-5-12(15)10-8-9(13)6-7-11(10)14/h1,6-8H,3-5H2. The van der Waals surface area contributed by atoms with E-state index in [1.807, 2.05) is 0 Å². The average Bonchev–Trinajstić information content (AvgIpc) is 2.22. The summed E-state index contributed by atoms with van der Waals surface area (Å²) in [4.78, 5) is 11.4. The van der Waals surface area contributed by atoms with Gasteiger partial charge in [0.05, 0.1) is 5.56 Å². The van der Waals surface area contributed by atoms with Gasteiger partial charge in [-0.3, -0.25) is 4.79 Å². The topological polar surface area (TPSA) is 17.1 Å². The van der Waals surface area contributed by atoms with Crippen molar-refractivity contribution in [2.24, 2.45) is 0 Å². The smallest absolute Gasteiger partial charge is 0.165 e. The Balaban J connectivity index is 2.73. The highest BCUT2D eigenvalue weighted by Gasteiger charge is 2.11. The van der Waals surface area contributed by atoms with E-state index in [1.165, 1.54) is 0 Å². The average molecular weight is 208 g/mol. The monoisotopic (exact) mass is 208 g/mol. The van der Waals surface area contributed by atoms with E-state index in [-0.39, 0.29) is 12.0 Å². The molecule has 1 aromatic carbocycles. The van der Waals surface area contributed by atoms with Crippen LogP contribution in [0.2, 0.25) is 0 Å². The van der Waals surface area contributed by atoms with E-state index >= 15 is 0 Å². The number of Topliss-reactive ketones (excluding diaryl/α,β-unsaturated/α-hetero) is 1. The lowest BCUT2D eigenvalue weighted by molar-refractivity contribution is 0.0976. The Hall–Kier alpha value is -1.69. The van der Waals surface area contributed by atoms with Crippen molar-refractivity contribution in [3.8, 4) is 12.3 Å². The third kappa shape index (κ3) is 3.17. The predicted molar refractivity (Wildman–Crippen MR) is 53.4 cm³/mol. The number of hydrogen-bond acceptors (Lipinski definition) is 1.